The van der Waals surface area contributed by atoms with Gasteiger partial charge in [0.2, 0.25) is 0 Å². The highest BCUT2D eigenvalue weighted by Gasteiger charge is 2.22. The van der Waals surface area contributed by atoms with Gasteiger partial charge in [0.05, 0.1) is 6.07 Å². The molecule has 1 saturated heterocycles. The molecule has 68 valence electrons. The highest BCUT2D eigenvalue weighted by molar-refractivity contribution is 5.38. The van der Waals surface area contributed by atoms with E-state index in [2.05, 4.69) is 18.5 Å². The van der Waals surface area contributed by atoms with Gasteiger partial charge < -0.3 is 5.32 Å². The molecule has 1 N–H and O–H groups in total. The minimum Gasteiger partial charge on any atom is -0.315 e. The van der Waals surface area contributed by atoms with Gasteiger partial charge in [0.1, 0.15) is 5.83 Å². The summed E-state index contributed by atoms with van der Waals surface area (Å²) < 4.78 is 13.2. The van der Waals surface area contributed by atoms with E-state index >= 15 is 0 Å². The zero-order chi connectivity index (χ0) is 9.84. The van der Waals surface area contributed by atoms with E-state index in [4.69, 9.17) is 5.26 Å². The second-order valence-corrected chi connectivity index (χ2v) is 3.01. The normalized spacial score (nSPS) is 17.4. The lowest BCUT2D eigenvalue weighted by atomic mass is 9.93. The molecule has 0 aromatic carbocycles. The molecule has 0 unspecified atom stereocenters. The van der Waals surface area contributed by atoms with Gasteiger partial charge in [0.25, 0.3) is 0 Å². The number of allylic oxidation sites excluding steroid dienone is 3. The van der Waals surface area contributed by atoms with E-state index in [0.717, 1.165) is 19.2 Å². The van der Waals surface area contributed by atoms with Crippen molar-refractivity contribution in [3.63, 3.8) is 0 Å². The fraction of sp³-hybridized carbons (Fsp3) is 0.300. The number of nitriles is 1. The molecule has 0 saturated carbocycles. The van der Waals surface area contributed by atoms with Crippen molar-refractivity contribution >= 4 is 0 Å². The molecule has 0 bridgehead atoms. The lowest BCUT2D eigenvalue weighted by molar-refractivity contribution is 0.391. The van der Waals surface area contributed by atoms with E-state index < -0.39 is 5.83 Å². The van der Waals surface area contributed by atoms with Crippen LogP contribution in [0.1, 0.15) is 0 Å². The van der Waals surface area contributed by atoms with Crippen LogP contribution < -0.4 is 5.32 Å². The molecule has 3 heteroatoms. The third-order valence-corrected chi connectivity index (χ3v) is 2.03. The Labute approximate surface area is 77.1 Å². The molecule has 0 spiro atoms. The molecule has 1 aliphatic rings. The number of rotatable bonds is 3. The number of nitrogens with zero attached hydrogens (tertiary/aromatic N) is 1. The average molecular weight is 178 g/mol. The summed E-state index contributed by atoms with van der Waals surface area (Å²) in [6.07, 6.45) is 1.13. The van der Waals surface area contributed by atoms with Crippen LogP contribution in [0.15, 0.2) is 36.2 Å². The van der Waals surface area contributed by atoms with Crippen LogP contribution in [-0.4, -0.2) is 13.1 Å². The standard InChI is InChI=1S/C10H11FN2/c1-7(4-12)3-10(11)8(2)9-5-13-6-9/h3,9,13H,1-2,5-6H2/b10-3+. The van der Waals surface area contributed by atoms with Crippen molar-refractivity contribution < 1.29 is 4.39 Å². The maximum absolute atomic E-state index is 13.2. The summed E-state index contributed by atoms with van der Waals surface area (Å²) in [6, 6.07) is 1.76. The Balaban J connectivity index is 2.61. The first kappa shape index (κ1) is 9.69. The number of hydrogen-bond donors (Lipinski definition) is 1. The lowest BCUT2D eigenvalue weighted by Gasteiger charge is -2.28. The molecular formula is C10H11FN2. The molecule has 0 aromatic rings. The molecule has 13 heavy (non-hydrogen) atoms. The second-order valence-electron chi connectivity index (χ2n) is 3.01. The van der Waals surface area contributed by atoms with Crippen molar-refractivity contribution in [3.8, 4) is 6.07 Å². The van der Waals surface area contributed by atoms with Crippen molar-refractivity contribution in [2.75, 3.05) is 13.1 Å². The molecule has 1 aliphatic heterocycles. The van der Waals surface area contributed by atoms with Gasteiger partial charge in [-0.25, -0.2) is 4.39 Å². The Morgan fingerprint density at radius 3 is 2.54 bits per heavy atom. The minimum absolute atomic E-state index is 0.117. The van der Waals surface area contributed by atoms with Gasteiger partial charge in [-0.05, 0) is 11.6 Å². The van der Waals surface area contributed by atoms with Crippen molar-refractivity contribution in [1.82, 2.24) is 5.32 Å². The Morgan fingerprint density at radius 1 is 1.54 bits per heavy atom. The van der Waals surface area contributed by atoms with E-state index in [9.17, 15) is 4.39 Å². The van der Waals surface area contributed by atoms with Crippen LogP contribution in [0.25, 0.3) is 0 Å². The van der Waals surface area contributed by atoms with Crippen molar-refractivity contribution in [2.45, 2.75) is 0 Å². The van der Waals surface area contributed by atoms with E-state index in [1.54, 1.807) is 6.07 Å². The molecule has 1 fully saturated rings. The zero-order valence-electron chi connectivity index (χ0n) is 7.31. The predicted octanol–water partition coefficient (Wildman–Crippen LogP) is 1.70. The SMILES string of the molecule is C=C(C#N)/C=C(/F)C(=C)C1CNC1. The summed E-state index contributed by atoms with van der Waals surface area (Å²) in [4.78, 5) is 0. The van der Waals surface area contributed by atoms with Crippen LogP contribution in [0.3, 0.4) is 0 Å². The van der Waals surface area contributed by atoms with Crippen LogP contribution in [-0.2, 0) is 0 Å². The van der Waals surface area contributed by atoms with Gasteiger partial charge in [-0.3, -0.25) is 0 Å². The Morgan fingerprint density at radius 2 is 2.15 bits per heavy atom. The third kappa shape index (κ3) is 2.27. The van der Waals surface area contributed by atoms with E-state index in [1.165, 1.54) is 0 Å². The number of halogens is 1. The Hall–Kier alpha value is -1.40. The van der Waals surface area contributed by atoms with Crippen molar-refractivity contribution in [1.29, 1.82) is 5.26 Å². The average Bonchev–Trinajstić information content (AvgIpc) is 2.00. The first-order valence-corrected chi connectivity index (χ1v) is 4.01. The van der Waals surface area contributed by atoms with Crippen molar-refractivity contribution in [3.05, 3.63) is 36.2 Å². The molecule has 0 aliphatic carbocycles. The topological polar surface area (TPSA) is 35.8 Å². The lowest BCUT2D eigenvalue weighted by Crippen LogP contribution is -2.42. The smallest absolute Gasteiger partial charge is 0.127 e. The van der Waals surface area contributed by atoms with Crippen LogP contribution in [0, 0.1) is 17.2 Å². The monoisotopic (exact) mass is 178 g/mol. The van der Waals surface area contributed by atoms with Gasteiger partial charge in [-0.1, -0.05) is 13.2 Å². The Kier molecular flexibility index (Phi) is 2.99. The van der Waals surface area contributed by atoms with Crippen LogP contribution in [0.5, 0.6) is 0 Å². The van der Waals surface area contributed by atoms with E-state index in [0.29, 0.717) is 5.57 Å². The first-order chi connectivity index (χ1) is 6.15. The van der Waals surface area contributed by atoms with Gasteiger partial charge in [0.15, 0.2) is 0 Å². The quantitative estimate of drug-likeness (QED) is 0.527. The summed E-state index contributed by atoms with van der Waals surface area (Å²) in [7, 11) is 0. The molecule has 2 nitrogen and oxygen atoms in total. The maximum atomic E-state index is 13.2. The summed E-state index contributed by atoms with van der Waals surface area (Å²) in [6.45, 7) is 8.52. The molecule has 0 atom stereocenters. The van der Waals surface area contributed by atoms with Gasteiger partial charge in [0, 0.05) is 24.6 Å². The highest BCUT2D eigenvalue weighted by Crippen LogP contribution is 2.23. The number of hydrogen-bond acceptors (Lipinski definition) is 2. The summed E-state index contributed by atoms with van der Waals surface area (Å²) >= 11 is 0. The van der Waals surface area contributed by atoms with E-state index in [-0.39, 0.29) is 11.5 Å². The van der Waals surface area contributed by atoms with Gasteiger partial charge in [-0.15, -0.1) is 0 Å². The summed E-state index contributed by atoms with van der Waals surface area (Å²) in [5.74, 6) is -0.263. The summed E-state index contributed by atoms with van der Waals surface area (Å²) in [5, 5.41) is 11.4. The van der Waals surface area contributed by atoms with Crippen molar-refractivity contribution in [2.24, 2.45) is 5.92 Å². The molecule has 1 rings (SSSR count). The molecule has 0 aromatic heterocycles. The largest absolute Gasteiger partial charge is 0.315 e. The third-order valence-electron chi connectivity index (χ3n) is 2.03. The number of nitrogens with one attached hydrogen (secondary N) is 1. The van der Waals surface area contributed by atoms with Crippen LogP contribution >= 0.6 is 0 Å². The minimum atomic E-state index is -0.432. The van der Waals surface area contributed by atoms with Crippen LogP contribution in [0.2, 0.25) is 0 Å². The zero-order valence-corrected chi connectivity index (χ0v) is 7.31. The summed E-state index contributed by atoms with van der Waals surface area (Å²) in [5.41, 5.74) is 0.570. The predicted molar refractivity (Wildman–Crippen MR) is 49.4 cm³/mol. The second kappa shape index (κ2) is 4.01. The maximum Gasteiger partial charge on any atom is 0.127 e. The fourth-order valence-corrected chi connectivity index (χ4v) is 1.01. The first-order valence-electron chi connectivity index (χ1n) is 4.01. The van der Waals surface area contributed by atoms with Crippen LogP contribution in [0.4, 0.5) is 4.39 Å². The van der Waals surface area contributed by atoms with Gasteiger partial charge >= 0.3 is 0 Å². The Bertz CT molecular complexity index is 305. The highest BCUT2D eigenvalue weighted by atomic mass is 19.1. The fourth-order valence-electron chi connectivity index (χ4n) is 1.01. The molecule has 0 radical (unpaired) electrons. The molecule has 1 heterocycles. The molecule has 0 amide bonds. The van der Waals surface area contributed by atoms with Gasteiger partial charge in [-0.2, -0.15) is 5.26 Å². The van der Waals surface area contributed by atoms with E-state index in [1.807, 2.05) is 0 Å². The molecular weight excluding hydrogens is 167 g/mol.